The number of primary amides is 1. The summed E-state index contributed by atoms with van der Waals surface area (Å²) in [5, 5.41) is 0.921. The van der Waals surface area contributed by atoms with Gasteiger partial charge in [0.15, 0.2) is 0 Å². The number of aromatic nitrogens is 1. The lowest BCUT2D eigenvalue weighted by Gasteiger charge is -2.30. The Morgan fingerprint density at radius 2 is 2.00 bits per heavy atom. The number of nitrogens with zero attached hydrogens (tertiary/aromatic N) is 2. The molecule has 1 fully saturated rings. The lowest BCUT2D eigenvalue weighted by atomic mass is 10.1. The maximum absolute atomic E-state index is 11.6. The van der Waals surface area contributed by atoms with Crippen LogP contribution in [0.25, 0.3) is 10.9 Å². The largest absolute Gasteiger partial charge is 0.490 e. The van der Waals surface area contributed by atoms with Gasteiger partial charge in [-0.05, 0) is 31.0 Å². The van der Waals surface area contributed by atoms with E-state index >= 15 is 0 Å². The van der Waals surface area contributed by atoms with Crippen molar-refractivity contribution in [2.75, 3.05) is 19.3 Å². The van der Waals surface area contributed by atoms with Crippen LogP contribution in [0.3, 0.4) is 0 Å². The quantitative estimate of drug-likeness (QED) is 0.867. The molecule has 0 atom stereocenters. The number of fused-ring (bicyclic) bond motifs is 1. The molecule has 0 unspecified atom stereocenters. The minimum atomic E-state index is -3.13. The molecule has 3 rings (SSSR count). The number of nitrogens with two attached hydrogens (primary N) is 1. The molecule has 2 N–H and O–H groups in total. The fourth-order valence-corrected chi connectivity index (χ4v) is 3.94. The van der Waals surface area contributed by atoms with Crippen LogP contribution < -0.4 is 10.5 Å². The monoisotopic (exact) mass is 351 g/mol. The molecule has 0 spiro atoms. The van der Waals surface area contributed by atoms with Gasteiger partial charge in [-0.3, -0.25) is 4.79 Å². The fourth-order valence-electron chi connectivity index (χ4n) is 3.06. The molecule has 1 amide bonds. The van der Waals surface area contributed by atoms with Crippen molar-refractivity contribution in [3.63, 3.8) is 0 Å². The number of benzene rings is 1. The van der Waals surface area contributed by atoms with Crippen molar-refractivity contribution in [1.82, 2.24) is 8.87 Å². The van der Waals surface area contributed by atoms with Crippen LogP contribution in [0, 0.1) is 0 Å². The first-order chi connectivity index (χ1) is 11.3. The fraction of sp³-hybridized carbons (Fsp3) is 0.438. The van der Waals surface area contributed by atoms with Gasteiger partial charge in [-0.15, -0.1) is 0 Å². The zero-order chi connectivity index (χ0) is 17.3. The van der Waals surface area contributed by atoms with Crippen LogP contribution in [0.1, 0.15) is 12.8 Å². The molecule has 1 aliphatic heterocycles. The molecular weight excluding hydrogens is 330 g/mol. The summed E-state index contributed by atoms with van der Waals surface area (Å²) >= 11 is 0. The van der Waals surface area contributed by atoms with E-state index in [4.69, 9.17) is 10.5 Å². The van der Waals surface area contributed by atoms with E-state index in [0.717, 1.165) is 16.7 Å². The predicted octanol–water partition coefficient (Wildman–Crippen LogP) is 0.929. The van der Waals surface area contributed by atoms with Crippen LogP contribution in [0.5, 0.6) is 5.75 Å². The first kappa shape index (κ1) is 16.8. The summed E-state index contributed by atoms with van der Waals surface area (Å²) in [5.41, 5.74) is 6.15. The molecule has 24 heavy (non-hydrogen) atoms. The molecule has 1 aromatic heterocycles. The van der Waals surface area contributed by atoms with E-state index in [0.29, 0.717) is 25.9 Å². The van der Waals surface area contributed by atoms with Crippen molar-refractivity contribution in [2.24, 2.45) is 5.73 Å². The second-order valence-corrected chi connectivity index (χ2v) is 8.06. The highest BCUT2D eigenvalue weighted by atomic mass is 32.2. The topological polar surface area (TPSA) is 94.6 Å². The Hall–Kier alpha value is -2.06. The van der Waals surface area contributed by atoms with E-state index in [1.807, 2.05) is 30.5 Å². The van der Waals surface area contributed by atoms with Gasteiger partial charge < -0.3 is 15.0 Å². The number of piperidine rings is 1. The van der Waals surface area contributed by atoms with Crippen LogP contribution >= 0.6 is 0 Å². The minimum Gasteiger partial charge on any atom is -0.490 e. The van der Waals surface area contributed by atoms with E-state index in [1.54, 1.807) is 4.57 Å². The minimum absolute atomic E-state index is 0.0203. The van der Waals surface area contributed by atoms with Crippen LogP contribution in [0.15, 0.2) is 30.5 Å². The van der Waals surface area contributed by atoms with Crippen LogP contribution in [0.4, 0.5) is 0 Å². The molecule has 1 saturated heterocycles. The van der Waals surface area contributed by atoms with Gasteiger partial charge in [0.2, 0.25) is 15.9 Å². The van der Waals surface area contributed by atoms with E-state index in [-0.39, 0.29) is 12.6 Å². The number of hydrogen-bond donors (Lipinski definition) is 1. The van der Waals surface area contributed by atoms with Crippen molar-refractivity contribution in [3.05, 3.63) is 30.5 Å². The first-order valence-electron chi connectivity index (χ1n) is 7.82. The molecule has 1 aliphatic rings. The molecule has 2 aromatic rings. The van der Waals surface area contributed by atoms with E-state index < -0.39 is 15.9 Å². The standard InChI is InChI=1S/C16H21N3O4S/c1-24(21,22)19-9-5-12(6-10-19)23-15-4-2-3-14-13(15)7-8-18(14)11-16(17)20/h2-4,7-8,12H,5-6,9-11H2,1H3,(H2,17,20). The average Bonchev–Trinajstić information content (AvgIpc) is 2.90. The lowest BCUT2D eigenvalue weighted by Crippen LogP contribution is -2.41. The third-order valence-corrected chi connectivity index (χ3v) is 5.57. The molecule has 0 aliphatic carbocycles. The Labute approximate surface area is 141 Å². The summed E-state index contributed by atoms with van der Waals surface area (Å²) in [6, 6.07) is 7.58. The van der Waals surface area contributed by atoms with Crippen molar-refractivity contribution in [2.45, 2.75) is 25.5 Å². The Morgan fingerprint density at radius 3 is 2.62 bits per heavy atom. The van der Waals surface area contributed by atoms with Crippen LogP contribution in [-0.4, -0.2) is 48.6 Å². The Morgan fingerprint density at radius 1 is 1.29 bits per heavy atom. The number of carbonyl (C=O) groups is 1. The summed E-state index contributed by atoms with van der Waals surface area (Å²) in [7, 11) is -3.13. The van der Waals surface area contributed by atoms with Gasteiger partial charge in [-0.1, -0.05) is 6.07 Å². The number of hydrogen-bond acceptors (Lipinski definition) is 4. The highest BCUT2D eigenvalue weighted by molar-refractivity contribution is 7.88. The molecule has 0 bridgehead atoms. The second kappa shape index (κ2) is 6.45. The summed E-state index contributed by atoms with van der Waals surface area (Å²) < 4.78 is 32.5. The molecule has 2 heterocycles. The van der Waals surface area contributed by atoms with Crippen LogP contribution in [-0.2, 0) is 21.4 Å². The van der Waals surface area contributed by atoms with Gasteiger partial charge in [0.05, 0.1) is 11.8 Å². The molecule has 1 aromatic carbocycles. The maximum Gasteiger partial charge on any atom is 0.237 e. The summed E-state index contributed by atoms with van der Waals surface area (Å²) in [4.78, 5) is 11.1. The highest BCUT2D eigenvalue weighted by Gasteiger charge is 2.26. The first-order valence-corrected chi connectivity index (χ1v) is 9.67. The van der Waals surface area contributed by atoms with Gasteiger partial charge >= 0.3 is 0 Å². The van der Waals surface area contributed by atoms with E-state index in [1.165, 1.54) is 10.6 Å². The molecule has 130 valence electrons. The Kier molecular flexibility index (Phi) is 4.51. The number of amides is 1. The number of carbonyl (C=O) groups excluding carboxylic acids is 1. The third kappa shape index (κ3) is 3.54. The smallest absolute Gasteiger partial charge is 0.237 e. The number of ether oxygens (including phenoxy) is 1. The molecule has 7 nitrogen and oxygen atoms in total. The molecule has 0 radical (unpaired) electrons. The van der Waals surface area contributed by atoms with Gasteiger partial charge in [0.25, 0.3) is 0 Å². The molecule has 8 heteroatoms. The zero-order valence-corrected chi connectivity index (χ0v) is 14.3. The third-order valence-electron chi connectivity index (χ3n) is 4.26. The van der Waals surface area contributed by atoms with Crippen molar-refractivity contribution >= 4 is 26.8 Å². The van der Waals surface area contributed by atoms with Gasteiger partial charge in [-0.2, -0.15) is 0 Å². The Bertz CT molecular complexity index is 851. The van der Waals surface area contributed by atoms with Crippen molar-refractivity contribution < 1.29 is 17.9 Å². The SMILES string of the molecule is CS(=O)(=O)N1CCC(Oc2cccc3c2ccn3CC(N)=O)CC1. The average molecular weight is 351 g/mol. The van der Waals surface area contributed by atoms with E-state index in [2.05, 4.69) is 0 Å². The van der Waals surface area contributed by atoms with Crippen molar-refractivity contribution in [1.29, 1.82) is 0 Å². The van der Waals surface area contributed by atoms with E-state index in [9.17, 15) is 13.2 Å². The number of sulfonamides is 1. The lowest BCUT2D eigenvalue weighted by molar-refractivity contribution is -0.118. The summed E-state index contributed by atoms with van der Waals surface area (Å²) in [6.45, 7) is 1.07. The molecule has 0 saturated carbocycles. The van der Waals surface area contributed by atoms with Gasteiger partial charge in [0, 0.05) is 24.7 Å². The summed E-state index contributed by atoms with van der Waals surface area (Å²) in [5.74, 6) is 0.348. The number of rotatable bonds is 5. The van der Waals surface area contributed by atoms with Crippen LogP contribution in [0.2, 0.25) is 0 Å². The highest BCUT2D eigenvalue weighted by Crippen LogP contribution is 2.29. The van der Waals surface area contributed by atoms with Gasteiger partial charge in [0.1, 0.15) is 18.4 Å². The van der Waals surface area contributed by atoms with Gasteiger partial charge in [-0.25, -0.2) is 12.7 Å². The maximum atomic E-state index is 11.6. The predicted molar refractivity (Wildman–Crippen MR) is 91.2 cm³/mol. The summed E-state index contributed by atoms with van der Waals surface area (Å²) in [6.07, 6.45) is 4.34. The van der Waals surface area contributed by atoms with Crippen molar-refractivity contribution in [3.8, 4) is 5.75 Å². The normalized spacial score (nSPS) is 17.2. The second-order valence-electron chi connectivity index (χ2n) is 6.08. The zero-order valence-electron chi connectivity index (χ0n) is 13.5. The molecular formula is C16H21N3O4S. The Balaban J connectivity index is 1.75.